The van der Waals surface area contributed by atoms with Crippen LogP contribution in [0.5, 0.6) is 0 Å². The van der Waals surface area contributed by atoms with Crippen molar-refractivity contribution in [1.29, 1.82) is 0 Å². The van der Waals surface area contributed by atoms with E-state index in [1.807, 2.05) is 88.3 Å². The number of ether oxygens (including phenoxy) is 1. The van der Waals surface area contributed by atoms with Gasteiger partial charge in [0, 0.05) is 17.7 Å². The van der Waals surface area contributed by atoms with E-state index in [4.69, 9.17) is 4.74 Å². The third kappa shape index (κ3) is 3.78. The number of hydrogen-bond donors (Lipinski definition) is 0. The molecule has 3 heterocycles. The molecule has 0 saturated heterocycles. The van der Waals surface area contributed by atoms with Crippen LogP contribution in [0, 0.1) is 0 Å². The average molecular weight is 494 g/mol. The molecular weight excluding hydrogens is 464 g/mol. The van der Waals surface area contributed by atoms with E-state index in [9.17, 15) is 9.59 Å². The normalized spacial score (nSPS) is 17.5. The van der Waals surface area contributed by atoms with E-state index in [2.05, 4.69) is 24.0 Å². The van der Waals surface area contributed by atoms with Crippen molar-refractivity contribution in [2.45, 2.75) is 25.6 Å². The number of carbonyl (C=O) groups excluding carboxylic acids is 2. The van der Waals surface area contributed by atoms with Gasteiger partial charge in [0.05, 0.1) is 24.0 Å². The Morgan fingerprint density at radius 1 is 0.973 bits per heavy atom. The van der Waals surface area contributed by atoms with Gasteiger partial charge in [0.2, 0.25) is 6.33 Å². The quantitative estimate of drug-likeness (QED) is 0.288. The fourth-order valence-electron chi connectivity index (χ4n) is 5.61. The number of benzene rings is 3. The van der Waals surface area contributed by atoms with Gasteiger partial charge in [0.15, 0.2) is 0 Å². The van der Waals surface area contributed by atoms with Crippen LogP contribution in [-0.2, 0) is 30.4 Å². The van der Waals surface area contributed by atoms with Gasteiger partial charge in [-0.05, 0) is 43.2 Å². The second-order valence-electron chi connectivity index (χ2n) is 9.75. The minimum atomic E-state index is -0.669. The molecule has 1 atom stereocenters. The van der Waals surface area contributed by atoms with Crippen LogP contribution in [0.1, 0.15) is 38.8 Å². The summed E-state index contributed by atoms with van der Waals surface area (Å²) < 4.78 is 9.48. The van der Waals surface area contributed by atoms with Crippen LogP contribution in [-0.4, -0.2) is 29.6 Å². The van der Waals surface area contributed by atoms with Crippen LogP contribution in [0.15, 0.2) is 91.5 Å². The third-order valence-corrected chi connectivity index (χ3v) is 7.45. The van der Waals surface area contributed by atoms with Crippen molar-refractivity contribution >= 4 is 23.3 Å². The fourth-order valence-corrected chi connectivity index (χ4v) is 5.61. The molecule has 0 saturated carbocycles. The highest BCUT2D eigenvalue weighted by molar-refractivity contribution is 6.16. The number of nitrogens with zero attached hydrogens (tertiary/aromatic N) is 4. The Morgan fingerprint density at radius 3 is 2.54 bits per heavy atom. The highest BCUT2D eigenvalue weighted by Crippen LogP contribution is 2.55. The van der Waals surface area contributed by atoms with Gasteiger partial charge in [-0.15, -0.1) is 0 Å². The molecule has 0 radical (unpaired) electrons. The zero-order chi connectivity index (χ0) is 25.6. The topological polar surface area (TPSA) is 58.7 Å². The zero-order valence-corrected chi connectivity index (χ0v) is 21.0. The van der Waals surface area contributed by atoms with Crippen LogP contribution in [0.4, 0.5) is 11.4 Å². The number of anilines is 2. The summed E-state index contributed by atoms with van der Waals surface area (Å²) in [5, 5.41) is 0. The Hall–Kier alpha value is -4.39. The summed E-state index contributed by atoms with van der Waals surface area (Å²) in [4.78, 5) is 30.7. The third-order valence-electron chi connectivity index (χ3n) is 7.45. The first-order valence-electron chi connectivity index (χ1n) is 12.5. The van der Waals surface area contributed by atoms with Crippen molar-refractivity contribution in [3.63, 3.8) is 0 Å². The predicted octanol–water partition coefficient (Wildman–Crippen LogP) is 4.07. The molecule has 7 nitrogen and oxygen atoms in total. The molecule has 37 heavy (non-hydrogen) atoms. The number of carbonyl (C=O) groups is 2. The highest BCUT2D eigenvalue weighted by Gasteiger charge is 2.56. The van der Waals surface area contributed by atoms with E-state index in [1.54, 1.807) is 12.1 Å². The summed E-state index contributed by atoms with van der Waals surface area (Å²) >= 11 is 0. The largest absolute Gasteiger partial charge is 0.458 e. The number of esters is 1. The lowest BCUT2D eigenvalue weighted by Crippen LogP contribution is -2.50. The maximum atomic E-state index is 13.7. The first kappa shape index (κ1) is 23.0. The lowest BCUT2D eigenvalue weighted by atomic mass is 9.98. The number of fused-ring (bicyclic) bond motifs is 5. The molecular formula is C30H29N4O3+. The number of aromatic nitrogens is 2. The molecule has 3 aromatic carbocycles. The molecule has 2 aliphatic heterocycles. The van der Waals surface area contributed by atoms with Gasteiger partial charge in [0.1, 0.15) is 31.2 Å². The fraction of sp³-hybridized carbons (Fsp3) is 0.233. The SMILES string of the molecule is C[n+]1ccn(CCOC(=O)c2ccc3c(c2)N2C(=O)c4ccccc4C2(C)N3CCc2ccccc2)c1. The number of hydrogen-bond acceptors (Lipinski definition) is 4. The number of amides is 1. The Morgan fingerprint density at radius 2 is 1.76 bits per heavy atom. The minimum absolute atomic E-state index is 0.0486. The molecule has 4 aromatic rings. The molecule has 186 valence electrons. The van der Waals surface area contributed by atoms with Crippen LogP contribution < -0.4 is 14.4 Å². The van der Waals surface area contributed by atoms with E-state index in [0.29, 0.717) is 17.7 Å². The first-order valence-corrected chi connectivity index (χ1v) is 12.5. The van der Waals surface area contributed by atoms with Crippen molar-refractivity contribution in [1.82, 2.24) is 4.57 Å². The highest BCUT2D eigenvalue weighted by atomic mass is 16.5. The lowest BCUT2D eigenvalue weighted by Gasteiger charge is -2.38. The van der Waals surface area contributed by atoms with Gasteiger partial charge in [-0.1, -0.05) is 48.5 Å². The van der Waals surface area contributed by atoms with E-state index < -0.39 is 11.6 Å². The van der Waals surface area contributed by atoms with E-state index >= 15 is 0 Å². The Labute approximate surface area is 216 Å². The molecule has 0 fully saturated rings. The Kier molecular flexibility index (Phi) is 5.56. The molecule has 1 aromatic heterocycles. The first-order chi connectivity index (χ1) is 18.0. The second-order valence-corrected chi connectivity index (χ2v) is 9.75. The summed E-state index contributed by atoms with van der Waals surface area (Å²) in [5.74, 6) is -0.444. The molecule has 1 amide bonds. The summed E-state index contributed by atoms with van der Waals surface area (Å²) in [7, 11) is 1.95. The molecule has 2 aliphatic rings. The predicted molar refractivity (Wildman–Crippen MR) is 140 cm³/mol. The van der Waals surface area contributed by atoms with E-state index in [0.717, 1.165) is 29.9 Å². The van der Waals surface area contributed by atoms with Gasteiger partial charge in [-0.2, -0.15) is 0 Å². The van der Waals surface area contributed by atoms with E-state index in [-0.39, 0.29) is 12.5 Å². The molecule has 6 rings (SSSR count). The summed E-state index contributed by atoms with van der Waals surface area (Å²) in [6.07, 6.45) is 6.64. The zero-order valence-electron chi connectivity index (χ0n) is 21.0. The maximum absolute atomic E-state index is 13.7. The van der Waals surface area contributed by atoms with Crippen molar-refractivity contribution in [3.05, 3.63) is 114 Å². The number of rotatable bonds is 7. The Bertz CT molecular complexity index is 1500. The molecule has 0 bridgehead atoms. The minimum Gasteiger partial charge on any atom is -0.458 e. The van der Waals surface area contributed by atoms with Gasteiger partial charge in [0.25, 0.3) is 5.91 Å². The Balaban J connectivity index is 1.31. The van der Waals surface area contributed by atoms with Gasteiger partial charge in [-0.3, -0.25) is 9.69 Å². The monoisotopic (exact) mass is 493 g/mol. The van der Waals surface area contributed by atoms with Gasteiger partial charge < -0.3 is 9.64 Å². The second kappa shape index (κ2) is 8.92. The molecule has 1 unspecified atom stereocenters. The van der Waals surface area contributed by atoms with Gasteiger partial charge in [-0.25, -0.2) is 13.9 Å². The van der Waals surface area contributed by atoms with Crippen molar-refractivity contribution in [2.75, 3.05) is 23.0 Å². The van der Waals surface area contributed by atoms with Crippen molar-refractivity contribution in [2.24, 2.45) is 7.05 Å². The summed E-state index contributed by atoms with van der Waals surface area (Å²) in [5.41, 5.74) is 4.37. The molecule has 7 heteroatoms. The van der Waals surface area contributed by atoms with E-state index in [1.165, 1.54) is 5.56 Å². The summed E-state index contributed by atoms with van der Waals surface area (Å²) in [6, 6.07) is 23.7. The van der Waals surface area contributed by atoms with Crippen molar-refractivity contribution in [3.8, 4) is 0 Å². The van der Waals surface area contributed by atoms with Crippen LogP contribution >= 0.6 is 0 Å². The van der Waals surface area contributed by atoms with Crippen molar-refractivity contribution < 1.29 is 18.9 Å². The molecule has 0 spiro atoms. The van der Waals surface area contributed by atoms with Gasteiger partial charge >= 0.3 is 5.97 Å². The average Bonchev–Trinajstić information content (AvgIpc) is 3.51. The standard InChI is InChI=1S/C30H29N4O3/c1-30-25-11-7-6-10-24(25)28(35)34(30)27-20-23(29(36)37-19-18-32-17-16-31(2)21-32)12-13-26(27)33(30)15-14-22-8-4-3-5-9-22/h3-13,16-17,20-21H,14-15,18-19H2,1-2H3/q+1. The van der Waals surface area contributed by atoms with Crippen LogP contribution in [0.3, 0.4) is 0 Å². The summed E-state index contributed by atoms with van der Waals surface area (Å²) in [6.45, 7) is 3.66. The lowest BCUT2D eigenvalue weighted by molar-refractivity contribution is -0.671. The molecule has 0 N–H and O–H groups in total. The maximum Gasteiger partial charge on any atom is 0.338 e. The number of aryl methyl sites for hydroxylation is 1. The molecule has 0 aliphatic carbocycles. The van der Waals surface area contributed by atoms with Crippen LogP contribution in [0.25, 0.3) is 0 Å². The van der Waals surface area contributed by atoms with Crippen LogP contribution in [0.2, 0.25) is 0 Å². The number of imidazole rings is 1. The smallest absolute Gasteiger partial charge is 0.338 e.